The number of nitrogens with one attached hydrogen (secondary N) is 1. The first-order valence-electron chi connectivity index (χ1n) is 10.2. The summed E-state index contributed by atoms with van der Waals surface area (Å²) in [4.78, 5) is 17.2. The van der Waals surface area contributed by atoms with Crippen molar-refractivity contribution in [3.63, 3.8) is 0 Å². The van der Waals surface area contributed by atoms with Crippen molar-refractivity contribution in [1.82, 2.24) is 13.7 Å². The summed E-state index contributed by atoms with van der Waals surface area (Å²) in [5.41, 5.74) is 3.12. The van der Waals surface area contributed by atoms with Crippen LogP contribution in [-0.2, 0) is 21.2 Å². The lowest BCUT2D eigenvalue weighted by Gasteiger charge is -2.30. The predicted molar refractivity (Wildman–Crippen MR) is 116 cm³/mol. The van der Waals surface area contributed by atoms with Crippen molar-refractivity contribution in [2.24, 2.45) is 5.92 Å². The lowest BCUT2D eigenvalue weighted by atomic mass is 10.0. The van der Waals surface area contributed by atoms with Crippen molar-refractivity contribution in [1.29, 1.82) is 0 Å². The molecule has 0 saturated carbocycles. The number of pyridine rings is 1. The molecule has 1 unspecified atom stereocenters. The van der Waals surface area contributed by atoms with Gasteiger partial charge in [0.05, 0.1) is 17.0 Å². The summed E-state index contributed by atoms with van der Waals surface area (Å²) in [6.07, 6.45) is 5.84. The van der Waals surface area contributed by atoms with Gasteiger partial charge in [-0.1, -0.05) is 13.0 Å². The second kappa shape index (κ2) is 8.20. The summed E-state index contributed by atoms with van der Waals surface area (Å²) in [7, 11) is -3.50. The number of benzene rings is 1. The third kappa shape index (κ3) is 4.24. The lowest BCUT2D eigenvalue weighted by Crippen LogP contribution is -2.39. The number of carbonyl (C=O) groups is 1. The summed E-state index contributed by atoms with van der Waals surface area (Å²) < 4.78 is 29.2. The van der Waals surface area contributed by atoms with Gasteiger partial charge >= 0.3 is 0 Å². The molecule has 1 aliphatic heterocycles. The second-order valence-electron chi connectivity index (χ2n) is 8.01. The summed E-state index contributed by atoms with van der Waals surface area (Å²) in [6, 6.07) is 10.3. The number of aryl methyl sites for hydroxylation is 1. The molecule has 3 heterocycles. The Balaban J connectivity index is 1.42. The van der Waals surface area contributed by atoms with Crippen LogP contribution in [0.2, 0.25) is 0 Å². The highest BCUT2D eigenvalue weighted by molar-refractivity contribution is 7.89. The van der Waals surface area contributed by atoms with Crippen molar-refractivity contribution in [2.45, 2.75) is 38.0 Å². The van der Waals surface area contributed by atoms with Crippen LogP contribution in [0, 0.1) is 12.8 Å². The van der Waals surface area contributed by atoms with Crippen LogP contribution in [0.1, 0.15) is 31.0 Å². The Bertz CT molecular complexity index is 1170. The van der Waals surface area contributed by atoms with Crippen LogP contribution in [0.4, 0.5) is 5.69 Å². The van der Waals surface area contributed by atoms with E-state index in [0.29, 0.717) is 30.4 Å². The number of anilines is 1. The topological polar surface area (TPSA) is 83.8 Å². The maximum atomic E-state index is 12.8. The Morgan fingerprint density at radius 2 is 2.00 bits per heavy atom. The Hall–Kier alpha value is -2.71. The molecule has 0 radical (unpaired) electrons. The minimum absolute atomic E-state index is 0.146. The van der Waals surface area contributed by atoms with Crippen LogP contribution in [0.3, 0.4) is 0 Å². The van der Waals surface area contributed by atoms with E-state index in [1.165, 1.54) is 0 Å². The number of fused-ring (bicyclic) bond motifs is 1. The summed E-state index contributed by atoms with van der Waals surface area (Å²) in [6.45, 7) is 5.17. The first-order chi connectivity index (χ1) is 14.3. The van der Waals surface area contributed by atoms with Gasteiger partial charge in [0.1, 0.15) is 5.65 Å². The molecular weight excluding hydrogens is 400 g/mol. The zero-order valence-corrected chi connectivity index (χ0v) is 18.0. The Morgan fingerprint density at radius 3 is 2.70 bits per heavy atom. The average molecular weight is 427 g/mol. The highest BCUT2D eigenvalue weighted by Gasteiger charge is 2.28. The average Bonchev–Trinajstić information content (AvgIpc) is 3.12. The molecule has 0 spiro atoms. The quantitative estimate of drug-likeness (QED) is 0.679. The van der Waals surface area contributed by atoms with E-state index in [2.05, 4.69) is 17.2 Å². The van der Waals surface area contributed by atoms with E-state index in [1.807, 2.05) is 35.9 Å². The fraction of sp³-hybridized carbons (Fsp3) is 0.364. The fourth-order valence-electron chi connectivity index (χ4n) is 3.88. The Morgan fingerprint density at radius 1 is 1.23 bits per heavy atom. The van der Waals surface area contributed by atoms with Gasteiger partial charge in [0.2, 0.25) is 15.9 Å². The SMILES string of the molecule is Cc1cccn2cc(CC(=O)Nc3ccc(S(=O)(=O)N4CCCC(C)C4)cc3)nc12. The number of rotatable bonds is 5. The molecule has 2 aromatic heterocycles. The van der Waals surface area contributed by atoms with E-state index in [4.69, 9.17) is 0 Å². The molecule has 30 heavy (non-hydrogen) atoms. The van der Waals surface area contributed by atoms with Gasteiger partial charge in [0.15, 0.2) is 0 Å². The van der Waals surface area contributed by atoms with Gasteiger partial charge in [-0.15, -0.1) is 0 Å². The highest BCUT2D eigenvalue weighted by atomic mass is 32.2. The summed E-state index contributed by atoms with van der Waals surface area (Å²) >= 11 is 0. The molecule has 1 aliphatic rings. The standard InChI is InChI=1S/C22H26N4O3S/c1-16-5-3-12-26(14-16)30(28,29)20-9-7-18(8-10-20)23-21(27)13-19-15-25-11-4-6-17(2)22(25)24-19/h4,6-11,15-16H,3,5,12-14H2,1-2H3,(H,23,27). The molecule has 8 heteroatoms. The molecular formula is C22H26N4O3S. The molecule has 1 saturated heterocycles. The van der Waals surface area contributed by atoms with E-state index < -0.39 is 10.0 Å². The Kier molecular flexibility index (Phi) is 5.62. The highest BCUT2D eigenvalue weighted by Crippen LogP contribution is 2.24. The molecule has 158 valence electrons. The van der Waals surface area contributed by atoms with Gasteiger partial charge < -0.3 is 9.72 Å². The molecule has 3 aromatic rings. The molecule has 1 amide bonds. The Labute approximate surface area is 176 Å². The molecule has 1 fully saturated rings. The van der Waals surface area contributed by atoms with Crippen LogP contribution in [-0.4, -0.2) is 41.1 Å². The van der Waals surface area contributed by atoms with Crippen LogP contribution in [0.25, 0.3) is 5.65 Å². The van der Waals surface area contributed by atoms with Gasteiger partial charge in [-0.3, -0.25) is 4.79 Å². The van der Waals surface area contributed by atoms with Gasteiger partial charge in [-0.2, -0.15) is 4.31 Å². The van der Waals surface area contributed by atoms with Crippen molar-refractivity contribution in [3.05, 3.63) is 60.0 Å². The molecule has 1 N–H and O–H groups in total. The maximum absolute atomic E-state index is 12.8. The largest absolute Gasteiger partial charge is 0.326 e. The number of imidazole rings is 1. The number of hydrogen-bond donors (Lipinski definition) is 1. The van der Waals surface area contributed by atoms with Crippen molar-refractivity contribution >= 4 is 27.3 Å². The van der Waals surface area contributed by atoms with Crippen LogP contribution < -0.4 is 5.32 Å². The molecule has 4 rings (SSSR count). The number of sulfonamides is 1. The maximum Gasteiger partial charge on any atom is 0.243 e. The minimum Gasteiger partial charge on any atom is -0.326 e. The number of amides is 1. The number of aromatic nitrogens is 2. The normalized spacial score (nSPS) is 17.9. The first-order valence-corrected chi connectivity index (χ1v) is 11.6. The van der Waals surface area contributed by atoms with Gasteiger partial charge in [-0.25, -0.2) is 13.4 Å². The number of hydrogen-bond acceptors (Lipinski definition) is 4. The number of nitrogens with zero attached hydrogens (tertiary/aromatic N) is 3. The zero-order chi connectivity index (χ0) is 21.3. The van der Waals surface area contributed by atoms with Crippen LogP contribution >= 0.6 is 0 Å². The predicted octanol–water partition coefficient (Wildman–Crippen LogP) is 3.24. The summed E-state index contributed by atoms with van der Waals surface area (Å²) in [5, 5.41) is 2.82. The van der Waals surface area contributed by atoms with E-state index in [1.54, 1.807) is 28.6 Å². The molecule has 0 bridgehead atoms. The van der Waals surface area contributed by atoms with Gasteiger partial charge in [0, 0.05) is 31.2 Å². The third-order valence-electron chi connectivity index (χ3n) is 5.47. The summed E-state index contributed by atoms with van der Waals surface area (Å²) in [5.74, 6) is 0.173. The third-order valence-corrected chi connectivity index (χ3v) is 7.34. The second-order valence-corrected chi connectivity index (χ2v) is 9.95. The van der Waals surface area contributed by atoms with E-state index in [9.17, 15) is 13.2 Å². The van der Waals surface area contributed by atoms with E-state index >= 15 is 0 Å². The smallest absolute Gasteiger partial charge is 0.243 e. The first kappa shape index (κ1) is 20.6. The minimum atomic E-state index is -3.50. The molecule has 1 atom stereocenters. The fourth-order valence-corrected chi connectivity index (χ4v) is 5.48. The van der Waals surface area contributed by atoms with E-state index in [0.717, 1.165) is 24.1 Å². The molecule has 1 aromatic carbocycles. The van der Waals surface area contributed by atoms with Crippen molar-refractivity contribution in [3.8, 4) is 0 Å². The number of carbonyl (C=O) groups excluding carboxylic acids is 1. The van der Waals surface area contributed by atoms with Crippen LogP contribution in [0.15, 0.2) is 53.7 Å². The molecule has 0 aliphatic carbocycles. The van der Waals surface area contributed by atoms with Crippen molar-refractivity contribution in [2.75, 3.05) is 18.4 Å². The lowest BCUT2D eigenvalue weighted by molar-refractivity contribution is -0.115. The zero-order valence-electron chi connectivity index (χ0n) is 17.2. The molecule has 7 nitrogen and oxygen atoms in total. The van der Waals surface area contributed by atoms with Gasteiger partial charge in [0.25, 0.3) is 0 Å². The van der Waals surface area contributed by atoms with Gasteiger partial charge in [-0.05, 0) is 61.6 Å². The van der Waals surface area contributed by atoms with Crippen molar-refractivity contribution < 1.29 is 13.2 Å². The van der Waals surface area contributed by atoms with E-state index in [-0.39, 0.29) is 17.2 Å². The van der Waals surface area contributed by atoms with Crippen LogP contribution in [0.5, 0.6) is 0 Å². The monoisotopic (exact) mass is 426 g/mol. The number of piperidine rings is 1.